The molecule has 0 bridgehead atoms. The molecule has 0 fully saturated rings. The maximum absolute atomic E-state index is 11.8. The van der Waals surface area contributed by atoms with E-state index in [1.165, 1.54) is 5.56 Å². The Kier molecular flexibility index (Phi) is 11.1. The molecule has 0 saturated heterocycles. The van der Waals surface area contributed by atoms with Crippen molar-refractivity contribution >= 4 is 18.3 Å². The molecule has 4 heteroatoms. The number of unbranched alkanes of at least 4 members (excludes halogenated alkanes) is 1. The number of carbonyl (C=O) groups is 1. The Morgan fingerprint density at radius 1 is 1.15 bits per heavy atom. The predicted molar refractivity (Wildman–Crippen MR) is 87.4 cm³/mol. The molecule has 0 saturated carbocycles. The fourth-order valence-corrected chi connectivity index (χ4v) is 2.05. The largest absolute Gasteiger partial charge is 0.346 e. The number of nitrogens with zero attached hydrogens (tertiary/aromatic N) is 1. The van der Waals surface area contributed by atoms with Crippen LogP contribution in [0.3, 0.4) is 0 Å². The zero-order chi connectivity index (χ0) is 13.9. The number of carbonyl (C=O) groups excluding carboxylic acids is 1. The van der Waals surface area contributed by atoms with Crippen LogP contribution in [0.25, 0.3) is 0 Å². The first kappa shape index (κ1) is 18.9. The highest BCUT2D eigenvalue weighted by Gasteiger charge is 2.07. The van der Waals surface area contributed by atoms with Crippen LogP contribution in [0.4, 0.5) is 0 Å². The minimum atomic E-state index is 0. The summed E-state index contributed by atoms with van der Waals surface area (Å²) in [5.74, 6) is 0.259. The summed E-state index contributed by atoms with van der Waals surface area (Å²) in [4.78, 5) is 13.6. The molecule has 0 heterocycles. The van der Waals surface area contributed by atoms with Gasteiger partial charge in [0.1, 0.15) is 0 Å². The average molecular weight is 299 g/mol. The molecule has 1 aromatic carbocycles. The van der Waals surface area contributed by atoms with Gasteiger partial charge in [0, 0.05) is 20.0 Å². The number of hydrogen-bond donors (Lipinski definition) is 1. The van der Waals surface area contributed by atoms with Gasteiger partial charge in [0.05, 0.1) is 0 Å². The SMILES string of the molecule is CNCCCC(=O)N(C)CCCCc1ccccc1.Cl. The van der Waals surface area contributed by atoms with Crippen molar-refractivity contribution in [3.63, 3.8) is 0 Å². The van der Waals surface area contributed by atoms with Gasteiger partial charge in [0.15, 0.2) is 0 Å². The van der Waals surface area contributed by atoms with Crippen molar-refractivity contribution in [2.45, 2.75) is 32.1 Å². The minimum absolute atomic E-state index is 0. The van der Waals surface area contributed by atoms with E-state index in [0.29, 0.717) is 6.42 Å². The van der Waals surface area contributed by atoms with E-state index in [0.717, 1.165) is 38.8 Å². The van der Waals surface area contributed by atoms with E-state index in [4.69, 9.17) is 0 Å². The molecule has 1 amide bonds. The van der Waals surface area contributed by atoms with E-state index in [9.17, 15) is 4.79 Å². The number of rotatable bonds is 9. The normalized spacial score (nSPS) is 9.90. The van der Waals surface area contributed by atoms with Crippen LogP contribution in [0.5, 0.6) is 0 Å². The topological polar surface area (TPSA) is 32.3 Å². The number of amides is 1. The lowest BCUT2D eigenvalue weighted by molar-refractivity contribution is -0.130. The molecule has 20 heavy (non-hydrogen) atoms. The molecule has 114 valence electrons. The first-order valence-corrected chi connectivity index (χ1v) is 7.16. The van der Waals surface area contributed by atoms with Crippen molar-refractivity contribution < 1.29 is 4.79 Å². The average Bonchev–Trinajstić information content (AvgIpc) is 2.44. The van der Waals surface area contributed by atoms with Gasteiger partial charge in [0.25, 0.3) is 0 Å². The van der Waals surface area contributed by atoms with Crippen molar-refractivity contribution in [3.8, 4) is 0 Å². The van der Waals surface area contributed by atoms with E-state index in [1.54, 1.807) is 0 Å². The summed E-state index contributed by atoms with van der Waals surface area (Å²) >= 11 is 0. The molecule has 0 aliphatic carbocycles. The standard InChI is InChI=1S/C16H26N2O.ClH/c1-17-13-8-12-16(19)18(2)14-7-6-11-15-9-4-3-5-10-15;/h3-5,9-10,17H,6-8,11-14H2,1-2H3;1H. The molecule has 0 spiro atoms. The monoisotopic (exact) mass is 298 g/mol. The van der Waals surface area contributed by atoms with E-state index in [2.05, 4.69) is 29.6 Å². The van der Waals surface area contributed by atoms with Crippen LogP contribution in [0.1, 0.15) is 31.2 Å². The molecule has 0 unspecified atom stereocenters. The maximum Gasteiger partial charge on any atom is 0.222 e. The molecule has 0 atom stereocenters. The van der Waals surface area contributed by atoms with Gasteiger partial charge in [-0.05, 0) is 44.8 Å². The lowest BCUT2D eigenvalue weighted by atomic mass is 10.1. The first-order chi connectivity index (χ1) is 9.24. The second kappa shape index (κ2) is 11.7. The second-order valence-corrected chi connectivity index (χ2v) is 4.97. The second-order valence-electron chi connectivity index (χ2n) is 4.97. The van der Waals surface area contributed by atoms with E-state index >= 15 is 0 Å². The van der Waals surface area contributed by atoms with Gasteiger partial charge in [-0.25, -0.2) is 0 Å². The molecule has 1 N–H and O–H groups in total. The van der Waals surface area contributed by atoms with Crippen LogP contribution in [-0.4, -0.2) is 38.0 Å². The summed E-state index contributed by atoms with van der Waals surface area (Å²) in [6.45, 7) is 1.78. The highest BCUT2D eigenvalue weighted by atomic mass is 35.5. The smallest absolute Gasteiger partial charge is 0.222 e. The number of benzene rings is 1. The fraction of sp³-hybridized carbons (Fsp3) is 0.562. The third-order valence-electron chi connectivity index (χ3n) is 3.29. The number of aryl methyl sites for hydroxylation is 1. The summed E-state index contributed by atoms with van der Waals surface area (Å²) in [6, 6.07) is 10.5. The van der Waals surface area contributed by atoms with Crippen molar-refractivity contribution in [2.24, 2.45) is 0 Å². The zero-order valence-corrected chi connectivity index (χ0v) is 13.4. The maximum atomic E-state index is 11.8. The quantitative estimate of drug-likeness (QED) is 0.711. The molecular formula is C16H27ClN2O. The Labute approximate surface area is 129 Å². The molecule has 0 radical (unpaired) electrons. The van der Waals surface area contributed by atoms with Crippen LogP contribution in [-0.2, 0) is 11.2 Å². The number of hydrogen-bond acceptors (Lipinski definition) is 2. The van der Waals surface area contributed by atoms with Gasteiger partial charge in [-0.2, -0.15) is 0 Å². The van der Waals surface area contributed by atoms with Crippen LogP contribution >= 0.6 is 12.4 Å². The lowest BCUT2D eigenvalue weighted by Gasteiger charge is -2.17. The van der Waals surface area contributed by atoms with Gasteiger partial charge >= 0.3 is 0 Å². The summed E-state index contributed by atoms with van der Waals surface area (Å²) < 4.78 is 0. The van der Waals surface area contributed by atoms with Crippen LogP contribution in [0.2, 0.25) is 0 Å². The van der Waals surface area contributed by atoms with Gasteiger partial charge < -0.3 is 10.2 Å². The van der Waals surface area contributed by atoms with Crippen molar-refractivity contribution in [3.05, 3.63) is 35.9 Å². The zero-order valence-electron chi connectivity index (χ0n) is 12.6. The third kappa shape index (κ3) is 8.18. The van der Waals surface area contributed by atoms with Crippen LogP contribution in [0.15, 0.2) is 30.3 Å². The summed E-state index contributed by atoms with van der Waals surface area (Å²) in [6.07, 6.45) is 4.88. The van der Waals surface area contributed by atoms with Crippen molar-refractivity contribution in [1.82, 2.24) is 10.2 Å². The first-order valence-electron chi connectivity index (χ1n) is 7.16. The molecule has 1 aromatic rings. The minimum Gasteiger partial charge on any atom is -0.346 e. The van der Waals surface area contributed by atoms with E-state index in [1.807, 2.05) is 25.1 Å². The molecule has 0 aliphatic heterocycles. The molecule has 0 aliphatic rings. The highest BCUT2D eigenvalue weighted by molar-refractivity contribution is 5.85. The predicted octanol–water partition coefficient (Wildman–Crippen LogP) is 2.89. The fourth-order valence-electron chi connectivity index (χ4n) is 2.05. The summed E-state index contributed by atoms with van der Waals surface area (Å²) in [5, 5.41) is 3.06. The van der Waals surface area contributed by atoms with E-state index < -0.39 is 0 Å². The van der Waals surface area contributed by atoms with Gasteiger partial charge in [0.2, 0.25) is 5.91 Å². The third-order valence-corrected chi connectivity index (χ3v) is 3.29. The molecular weight excluding hydrogens is 272 g/mol. The van der Waals surface area contributed by atoms with Gasteiger partial charge in [-0.3, -0.25) is 4.79 Å². The Morgan fingerprint density at radius 3 is 2.50 bits per heavy atom. The number of nitrogens with one attached hydrogen (secondary N) is 1. The Bertz CT molecular complexity index is 357. The molecule has 0 aromatic heterocycles. The molecule has 3 nitrogen and oxygen atoms in total. The number of halogens is 1. The van der Waals surface area contributed by atoms with Gasteiger partial charge in [-0.15, -0.1) is 12.4 Å². The Balaban J connectivity index is 0.00000361. The lowest BCUT2D eigenvalue weighted by Crippen LogP contribution is -2.28. The molecule has 1 rings (SSSR count). The van der Waals surface area contributed by atoms with Crippen molar-refractivity contribution in [1.29, 1.82) is 0 Å². The van der Waals surface area contributed by atoms with E-state index in [-0.39, 0.29) is 18.3 Å². The van der Waals surface area contributed by atoms with Gasteiger partial charge in [-0.1, -0.05) is 30.3 Å². The van der Waals surface area contributed by atoms with Crippen LogP contribution < -0.4 is 5.32 Å². The van der Waals surface area contributed by atoms with Crippen LogP contribution in [0, 0.1) is 0 Å². The Hall–Kier alpha value is -1.06. The Morgan fingerprint density at radius 2 is 1.85 bits per heavy atom. The van der Waals surface area contributed by atoms with Crippen molar-refractivity contribution in [2.75, 3.05) is 27.2 Å². The summed E-state index contributed by atoms with van der Waals surface area (Å²) in [5.41, 5.74) is 1.38. The summed E-state index contributed by atoms with van der Waals surface area (Å²) in [7, 11) is 3.82. The highest BCUT2D eigenvalue weighted by Crippen LogP contribution is 2.05.